The highest BCUT2D eigenvalue weighted by Gasteiger charge is 2.33. The second-order valence-corrected chi connectivity index (χ2v) is 8.26. The van der Waals surface area contributed by atoms with Crippen molar-refractivity contribution in [1.82, 2.24) is 10.3 Å². The van der Waals surface area contributed by atoms with Crippen LogP contribution in [0.2, 0.25) is 0 Å². The molecule has 2 atom stereocenters. The SMILES string of the molecule is CCC(N)=NC(=O)c1cc(C)cnc1N1CCC(NC2CCCCC2)C(OC)C1. The number of anilines is 1. The smallest absolute Gasteiger partial charge is 0.282 e. The summed E-state index contributed by atoms with van der Waals surface area (Å²) in [6, 6.07) is 2.78. The van der Waals surface area contributed by atoms with Crippen LogP contribution in [-0.2, 0) is 4.74 Å². The first-order valence-corrected chi connectivity index (χ1v) is 10.9. The number of piperidine rings is 1. The lowest BCUT2D eigenvalue weighted by molar-refractivity contribution is 0.0533. The van der Waals surface area contributed by atoms with Crippen LogP contribution in [0.4, 0.5) is 5.82 Å². The number of hydrogen-bond donors (Lipinski definition) is 2. The van der Waals surface area contributed by atoms with Crippen LogP contribution in [0.1, 0.15) is 67.8 Å². The van der Waals surface area contributed by atoms with E-state index in [9.17, 15) is 4.79 Å². The molecular formula is C22H35N5O2. The Kier molecular flexibility index (Phi) is 7.61. The molecule has 1 aliphatic heterocycles. The summed E-state index contributed by atoms with van der Waals surface area (Å²) in [6.07, 6.45) is 9.85. The van der Waals surface area contributed by atoms with Crippen molar-refractivity contribution in [2.45, 2.75) is 77.0 Å². The Labute approximate surface area is 174 Å². The minimum Gasteiger partial charge on any atom is -0.387 e. The Morgan fingerprint density at radius 2 is 2.10 bits per heavy atom. The molecule has 3 N–H and O–H groups in total. The van der Waals surface area contributed by atoms with E-state index in [0.717, 1.165) is 18.5 Å². The number of amidine groups is 1. The lowest BCUT2D eigenvalue weighted by Gasteiger charge is -2.41. The van der Waals surface area contributed by atoms with Crippen molar-refractivity contribution in [2.24, 2.45) is 10.7 Å². The lowest BCUT2D eigenvalue weighted by atomic mass is 9.92. The number of methoxy groups -OCH3 is 1. The molecule has 1 aromatic heterocycles. The van der Waals surface area contributed by atoms with E-state index in [1.807, 2.05) is 19.9 Å². The molecule has 0 bridgehead atoms. The van der Waals surface area contributed by atoms with Crippen molar-refractivity contribution in [3.63, 3.8) is 0 Å². The summed E-state index contributed by atoms with van der Waals surface area (Å²) in [6.45, 7) is 5.34. The molecule has 7 nitrogen and oxygen atoms in total. The Hall–Kier alpha value is -1.99. The number of aromatic nitrogens is 1. The molecule has 2 heterocycles. The normalized spacial score (nSPS) is 24.0. The van der Waals surface area contributed by atoms with Gasteiger partial charge in [0, 0.05) is 44.9 Å². The number of amides is 1. The molecule has 0 aromatic carbocycles. The fraction of sp³-hybridized carbons (Fsp3) is 0.682. The molecule has 1 saturated carbocycles. The zero-order chi connectivity index (χ0) is 20.8. The molecule has 3 rings (SSSR count). The van der Waals surface area contributed by atoms with Gasteiger partial charge in [-0.25, -0.2) is 4.98 Å². The molecule has 2 fully saturated rings. The molecule has 29 heavy (non-hydrogen) atoms. The number of carbonyl (C=O) groups excluding carboxylic acids is 1. The summed E-state index contributed by atoms with van der Waals surface area (Å²) in [4.78, 5) is 23.5. The maximum Gasteiger partial charge on any atom is 0.282 e. The Balaban J connectivity index is 1.75. The number of nitrogens with zero attached hydrogens (tertiary/aromatic N) is 3. The maximum atomic E-state index is 12.7. The molecule has 2 aliphatic rings. The molecule has 7 heteroatoms. The van der Waals surface area contributed by atoms with Crippen LogP contribution in [0.25, 0.3) is 0 Å². The number of rotatable bonds is 6. The van der Waals surface area contributed by atoms with Gasteiger partial charge in [0.1, 0.15) is 11.7 Å². The number of nitrogens with two attached hydrogens (primary N) is 1. The summed E-state index contributed by atoms with van der Waals surface area (Å²) in [7, 11) is 1.77. The van der Waals surface area contributed by atoms with Crippen LogP contribution in [0.5, 0.6) is 0 Å². The quantitative estimate of drug-likeness (QED) is 0.562. The summed E-state index contributed by atoms with van der Waals surface area (Å²) >= 11 is 0. The number of nitrogens with one attached hydrogen (secondary N) is 1. The van der Waals surface area contributed by atoms with Gasteiger partial charge in [-0.1, -0.05) is 26.2 Å². The summed E-state index contributed by atoms with van der Waals surface area (Å²) in [5, 5.41) is 3.83. The van der Waals surface area contributed by atoms with Crippen molar-refractivity contribution in [3.8, 4) is 0 Å². The van der Waals surface area contributed by atoms with E-state index >= 15 is 0 Å². The van der Waals surface area contributed by atoms with E-state index in [0.29, 0.717) is 42.3 Å². The highest BCUT2D eigenvalue weighted by molar-refractivity contribution is 6.05. The Morgan fingerprint density at radius 3 is 2.79 bits per heavy atom. The first kappa shape index (κ1) is 21.7. The van der Waals surface area contributed by atoms with E-state index in [-0.39, 0.29) is 12.0 Å². The number of carbonyl (C=O) groups is 1. The van der Waals surface area contributed by atoms with Crippen molar-refractivity contribution in [1.29, 1.82) is 0 Å². The first-order chi connectivity index (χ1) is 14.0. The van der Waals surface area contributed by atoms with Crippen LogP contribution >= 0.6 is 0 Å². The average Bonchev–Trinajstić information content (AvgIpc) is 2.74. The molecule has 0 spiro atoms. The standard InChI is InChI=1S/C22H35N5O2/c1-4-20(23)26-22(28)17-12-15(2)13-24-21(17)27-11-10-18(19(14-27)29-3)25-16-8-6-5-7-9-16/h12-13,16,18-19,25H,4-11,14H2,1-3H3,(H2,23,26,28). The van der Waals surface area contributed by atoms with Crippen LogP contribution in [0.3, 0.4) is 0 Å². The number of hydrogen-bond acceptors (Lipinski definition) is 5. The van der Waals surface area contributed by atoms with Crippen molar-refractivity contribution in [3.05, 3.63) is 23.4 Å². The van der Waals surface area contributed by atoms with Crippen LogP contribution in [-0.4, -0.2) is 55.1 Å². The number of aryl methyl sites for hydroxylation is 1. The van der Waals surface area contributed by atoms with Gasteiger partial charge in [0.05, 0.1) is 11.7 Å². The zero-order valence-electron chi connectivity index (χ0n) is 18.0. The number of pyridine rings is 1. The van der Waals surface area contributed by atoms with Gasteiger partial charge in [0.25, 0.3) is 5.91 Å². The van der Waals surface area contributed by atoms with Gasteiger partial charge in [0.15, 0.2) is 0 Å². The van der Waals surface area contributed by atoms with E-state index in [1.54, 1.807) is 13.3 Å². The minimum atomic E-state index is -0.327. The Bertz CT molecular complexity index is 730. The predicted octanol–water partition coefficient (Wildman–Crippen LogP) is 2.81. The van der Waals surface area contributed by atoms with Gasteiger partial charge < -0.3 is 20.7 Å². The molecular weight excluding hydrogens is 366 g/mol. The van der Waals surface area contributed by atoms with Gasteiger partial charge in [-0.2, -0.15) is 4.99 Å². The highest BCUT2D eigenvalue weighted by atomic mass is 16.5. The molecule has 0 radical (unpaired) electrons. The molecule has 1 aromatic rings. The molecule has 1 amide bonds. The summed E-state index contributed by atoms with van der Waals surface area (Å²) < 4.78 is 5.84. The molecule has 1 saturated heterocycles. The van der Waals surface area contributed by atoms with Crippen molar-refractivity contribution < 1.29 is 9.53 Å². The predicted molar refractivity (Wildman–Crippen MR) is 117 cm³/mol. The van der Waals surface area contributed by atoms with Crippen LogP contribution in [0, 0.1) is 6.92 Å². The van der Waals surface area contributed by atoms with E-state index in [4.69, 9.17) is 10.5 Å². The van der Waals surface area contributed by atoms with Crippen molar-refractivity contribution >= 4 is 17.6 Å². The fourth-order valence-electron chi connectivity index (χ4n) is 4.35. The summed E-state index contributed by atoms with van der Waals surface area (Å²) in [5.74, 6) is 0.686. The van der Waals surface area contributed by atoms with Crippen molar-refractivity contribution in [2.75, 3.05) is 25.1 Å². The van der Waals surface area contributed by atoms with Gasteiger partial charge >= 0.3 is 0 Å². The molecule has 2 unspecified atom stereocenters. The Morgan fingerprint density at radius 1 is 1.34 bits per heavy atom. The molecule has 1 aliphatic carbocycles. The number of ether oxygens (including phenoxy) is 1. The fourth-order valence-corrected chi connectivity index (χ4v) is 4.35. The van der Waals surface area contributed by atoms with Gasteiger partial charge in [-0.05, 0) is 37.8 Å². The molecule has 160 valence electrons. The van der Waals surface area contributed by atoms with E-state index < -0.39 is 0 Å². The van der Waals surface area contributed by atoms with Crippen LogP contribution < -0.4 is 16.0 Å². The lowest BCUT2D eigenvalue weighted by Crippen LogP contribution is -2.56. The minimum absolute atomic E-state index is 0.0564. The maximum absolute atomic E-state index is 12.7. The third kappa shape index (κ3) is 5.54. The number of aliphatic imine (C=N–C) groups is 1. The third-order valence-electron chi connectivity index (χ3n) is 6.06. The summed E-state index contributed by atoms with van der Waals surface area (Å²) in [5.41, 5.74) is 7.23. The zero-order valence-corrected chi connectivity index (χ0v) is 18.0. The highest BCUT2D eigenvalue weighted by Crippen LogP contribution is 2.26. The van der Waals surface area contributed by atoms with Gasteiger partial charge in [0.2, 0.25) is 0 Å². The van der Waals surface area contributed by atoms with Gasteiger partial charge in [-0.3, -0.25) is 4.79 Å². The van der Waals surface area contributed by atoms with E-state index in [2.05, 4.69) is 20.2 Å². The third-order valence-corrected chi connectivity index (χ3v) is 6.06. The van der Waals surface area contributed by atoms with Gasteiger partial charge in [-0.15, -0.1) is 0 Å². The average molecular weight is 402 g/mol. The van der Waals surface area contributed by atoms with E-state index in [1.165, 1.54) is 32.1 Å². The van der Waals surface area contributed by atoms with Crippen LogP contribution in [0.15, 0.2) is 17.3 Å². The monoisotopic (exact) mass is 401 g/mol. The topological polar surface area (TPSA) is 92.8 Å². The largest absolute Gasteiger partial charge is 0.387 e. The second kappa shape index (κ2) is 10.2. The second-order valence-electron chi connectivity index (χ2n) is 8.26. The first-order valence-electron chi connectivity index (χ1n) is 10.9.